The van der Waals surface area contributed by atoms with Crippen molar-refractivity contribution in [3.8, 4) is 0 Å². The Bertz CT molecular complexity index is 781. The molecule has 6 atom stereocenters. The molecule has 1 aliphatic heterocycles. The van der Waals surface area contributed by atoms with Gasteiger partial charge in [-0.1, -0.05) is 48.5 Å². The highest BCUT2D eigenvalue weighted by atomic mass is 35.5. The highest BCUT2D eigenvalue weighted by Gasteiger charge is 2.62. The number of hydrogen-bond donors (Lipinski definition) is 0. The van der Waals surface area contributed by atoms with Crippen LogP contribution in [0.3, 0.4) is 0 Å². The molecule has 25 heavy (non-hydrogen) atoms. The maximum Gasteiger partial charge on any atom is 0.188 e. The minimum absolute atomic E-state index is 0.0547. The number of rotatable bonds is 3. The summed E-state index contributed by atoms with van der Waals surface area (Å²) in [6.45, 7) is 0. The normalized spacial score (nSPS) is 35.8. The van der Waals surface area contributed by atoms with Gasteiger partial charge in [-0.15, -0.1) is 11.6 Å². The van der Waals surface area contributed by atoms with Crippen LogP contribution in [0.5, 0.6) is 0 Å². The number of nitrogens with zero attached hydrogens (tertiary/aromatic N) is 1. The predicted molar refractivity (Wildman–Crippen MR) is 97.7 cm³/mol. The minimum Gasteiger partial charge on any atom is -0.292 e. The Hall–Kier alpha value is -1.84. The van der Waals surface area contributed by atoms with Gasteiger partial charge in [0.15, 0.2) is 5.78 Å². The molecule has 3 fully saturated rings. The second-order valence-electron chi connectivity index (χ2n) is 7.40. The first-order valence-corrected chi connectivity index (χ1v) is 9.42. The average Bonchev–Trinajstić information content (AvgIpc) is 3.32. The fourth-order valence-electron chi connectivity index (χ4n) is 5.06. The van der Waals surface area contributed by atoms with Crippen molar-refractivity contribution in [3.05, 3.63) is 66.2 Å². The molecule has 4 heteroatoms. The summed E-state index contributed by atoms with van der Waals surface area (Å²) < 4.78 is 0. The standard InChI is InChI=1S/C21H20ClNO2/c22-17-12-14-11-16(17)21-18(14)19(20(24)13-7-3-1-4-8-13)23(25-21)15-9-5-2-6-10-15/h1-10,14,16-19,21H,11-12H2/t14-,16-,17-,18-,19-,21+/m0/s1. The van der Waals surface area contributed by atoms with E-state index in [9.17, 15) is 4.79 Å². The molecule has 2 saturated carbocycles. The molecule has 2 bridgehead atoms. The summed E-state index contributed by atoms with van der Waals surface area (Å²) in [5, 5.41) is 2.04. The van der Waals surface area contributed by atoms with E-state index in [1.54, 1.807) is 0 Å². The third kappa shape index (κ3) is 2.33. The number of para-hydroxylation sites is 1. The summed E-state index contributed by atoms with van der Waals surface area (Å²) in [7, 11) is 0. The molecule has 0 N–H and O–H groups in total. The summed E-state index contributed by atoms with van der Waals surface area (Å²) >= 11 is 6.53. The lowest BCUT2D eigenvalue weighted by Crippen LogP contribution is -2.42. The predicted octanol–water partition coefficient (Wildman–Crippen LogP) is 4.32. The van der Waals surface area contributed by atoms with Crippen LogP contribution in [0.25, 0.3) is 0 Å². The number of fused-ring (bicyclic) bond motifs is 5. The molecule has 2 aromatic carbocycles. The van der Waals surface area contributed by atoms with Crippen molar-refractivity contribution < 1.29 is 9.63 Å². The van der Waals surface area contributed by atoms with Crippen molar-refractivity contribution in [1.82, 2.24) is 0 Å². The molecule has 1 saturated heterocycles. The zero-order chi connectivity index (χ0) is 17.0. The molecule has 2 aliphatic carbocycles. The van der Waals surface area contributed by atoms with E-state index in [2.05, 4.69) is 0 Å². The van der Waals surface area contributed by atoms with Crippen LogP contribution < -0.4 is 5.06 Å². The van der Waals surface area contributed by atoms with Crippen LogP contribution in [0.15, 0.2) is 60.7 Å². The number of Topliss-reactive ketones (excluding diaryl/α,β-unsaturated/α-hetero) is 1. The van der Waals surface area contributed by atoms with E-state index >= 15 is 0 Å². The van der Waals surface area contributed by atoms with Crippen molar-refractivity contribution >= 4 is 23.1 Å². The van der Waals surface area contributed by atoms with Gasteiger partial charge in [0, 0.05) is 22.8 Å². The van der Waals surface area contributed by atoms with Crippen molar-refractivity contribution in [1.29, 1.82) is 0 Å². The Morgan fingerprint density at radius 1 is 1.00 bits per heavy atom. The smallest absolute Gasteiger partial charge is 0.188 e. The number of anilines is 1. The van der Waals surface area contributed by atoms with Crippen LogP contribution >= 0.6 is 11.6 Å². The van der Waals surface area contributed by atoms with Crippen LogP contribution in [-0.2, 0) is 4.84 Å². The van der Waals surface area contributed by atoms with Gasteiger partial charge in [-0.3, -0.25) is 9.63 Å². The Morgan fingerprint density at radius 3 is 2.40 bits per heavy atom. The molecule has 3 nitrogen and oxygen atoms in total. The number of benzene rings is 2. The molecule has 0 spiro atoms. The average molecular weight is 354 g/mol. The van der Waals surface area contributed by atoms with E-state index < -0.39 is 0 Å². The van der Waals surface area contributed by atoms with Crippen LogP contribution in [-0.4, -0.2) is 23.3 Å². The molecule has 0 unspecified atom stereocenters. The van der Waals surface area contributed by atoms with Crippen molar-refractivity contribution in [2.24, 2.45) is 17.8 Å². The van der Waals surface area contributed by atoms with Crippen LogP contribution in [0.2, 0.25) is 0 Å². The summed E-state index contributed by atoms with van der Waals surface area (Å²) in [5.74, 6) is 1.21. The first-order valence-electron chi connectivity index (χ1n) is 8.98. The highest BCUT2D eigenvalue weighted by Crippen LogP contribution is 2.57. The number of alkyl halides is 1. The lowest BCUT2D eigenvalue weighted by molar-refractivity contribution is 0.0371. The van der Waals surface area contributed by atoms with Gasteiger partial charge in [0.25, 0.3) is 0 Å². The second-order valence-corrected chi connectivity index (χ2v) is 7.96. The minimum atomic E-state index is -0.269. The molecule has 2 aromatic rings. The molecule has 0 radical (unpaired) electrons. The van der Waals surface area contributed by atoms with E-state index in [4.69, 9.17) is 16.4 Å². The van der Waals surface area contributed by atoms with Crippen molar-refractivity contribution in [3.63, 3.8) is 0 Å². The lowest BCUT2D eigenvalue weighted by atomic mass is 9.79. The Balaban J connectivity index is 1.56. The van der Waals surface area contributed by atoms with Gasteiger partial charge >= 0.3 is 0 Å². The number of halogens is 1. The third-order valence-electron chi connectivity index (χ3n) is 6.10. The fraction of sp³-hybridized carbons (Fsp3) is 0.381. The number of hydrogen-bond acceptors (Lipinski definition) is 3. The van der Waals surface area contributed by atoms with Gasteiger partial charge in [-0.25, -0.2) is 5.06 Å². The molecule has 0 amide bonds. The summed E-state index contributed by atoms with van der Waals surface area (Å²) in [6, 6.07) is 19.3. The summed E-state index contributed by atoms with van der Waals surface area (Å²) in [4.78, 5) is 19.7. The van der Waals surface area contributed by atoms with Crippen molar-refractivity contribution in [2.45, 2.75) is 30.4 Å². The Morgan fingerprint density at radius 2 is 1.68 bits per heavy atom. The van der Waals surface area contributed by atoms with Crippen LogP contribution in [0.4, 0.5) is 5.69 Å². The van der Waals surface area contributed by atoms with E-state index in [1.807, 2.05) is 65.7 Å². The molecule has 0 aromatic heterocycles. The SMILES string of the molecule is O=C(c1ccccc1)[C@@H]1[C@@H]2[C@H]3C[C@H]([C@H]2ON1c1ccccc1)[C@@H](Cl)C3. The van der Waals surface area contributed by atoms with E-state index in [0.29, 0.717) is 11.8 Å². The summed E-state index contributed by atoms with van der Waals surface area (Å²) in [5.41, 5.74) is 1.69. The van der Waals surface area contributed by atoms with E-state index in [-0.39, 0.29) is 29.2 Å². The molecular formula is C21H20ClNO2. The van der Waals surface area contributed by atoms with Gasteiger partial charge in [-0.05, 0) is 30.9 Å². The second kappa shape index (κ2) is 5.86. The van der Waals surface area contributed by atoms with Gasteiger partial charge in [0.05, 0.1) is 11.8 Å². The molecule has 128 valence electrons. The van der Waals surface area contributed by atoms with Crippen molar-refractivity contribution in [2.75, 3.05) is 5.06 Å². The number of hydroxylamine groups is 1. The maximum absolute atomic E-state index is 13.4. The number of carbonyl (C=O) groups excluding carboxylic acids is 1. The maximum atomic E-state index is 13.4. The quantitative estimate of drug-likeness (QED) is 0.608. The molecule has 3 aliphatic rings. The highest BCUT2D eigenvalue weighted by molar-refractivity contribution is 6.21. The number of carbonyl (C=O) groups is 1. The van der Waals surface area contributed by atoms with Crippen LogP contribution in [0.1, 0.15) is 23.2 Å². The summed E-state index contributed by atoms with van der Waals surface area (Å²) in [6.07, 6.45) is 2.14. The van der Waals surface area contributed by atoms with Gasteiger partial charge < -0.3 is 0 Å². The topological polar surface area (TPSA) is 29.5 Å². The van der Waals surface area contributed by atoms with Gasteiger partial charge in [0.2, 0.25) is 0 Å². The fourth-order valence-corrected chi connectivity index (χ4v) is 5.53. The largest absolute Gasteiger partial charge is 0.292 e. The molecular weight excluding hydrogens is 334 g/mol. The molecule has 5 rings (SSSR count). The van der Waals surface area contributed by atoms with E-state index in [1.165, 1.54) is 0 Å². The van der Waals surface area contributed by atoms with Gasteiger partial charge in [-0.2, -0.15) is 0 Å². The Kier molecular flexibility index (Phi) is 3.61. The first kappa shape index (κ1) is 15.4. The Labute approximate surface area is 152 Å². The third-order valence-corrected chi connectivity index (χ3v) is 6.61. The van der Waals surface area contributed by atoms with Gasteiger partial charge in [0.1, 0.15) is 6.04 Å². The zero-order valence-electron chi connectivity index (χ0n) is 13.8. The number of ketones is 1. The monoisotopic (exact) mass is 353 g/mol. The van der Waals surface area contributed by atoms with E-state index in [0.717, 1.165) is 24.1 Å². The zero-order valence-corrected chi connectivity index (χ0v) is 14.5. The first-order chi connectivity index (χ1) is 12.2. The molecule has 1 heterocycles. The van der Waals surface area contributed by atoms with Crippen LogP contribution in [0, 0.1) is 17.8 Å². The lowest BCUT2D eigenvalue weighted by Gasteiger charge is -2.28.